The normalized spacial score (nSPS) is 13.8. The van der Waals surface area contributed by atoms with Gasteiger partial charge in [0.2, 0.25) is 0 Å². The Morgan fingerprint density at radius 3 is 2.00 bits per heavy atom. The first-order valence-electron chi connectivity index (χ1n) is 17.1. The van der Waals surface area contributed by atoms with E-state index in [0.717, 1.165) is 35.5 Å². The molecule has 0 aromatic heterocycles. The Labute approximate surface area is 350 Å². The zero-order chi connectivity index (χ0) is 39.6. The first-order chi connectivity index (χ1) is 25.1. The molecule has 2 heterocycles. The summed E-state index contributed by atoms with van der Waals surface area (Å²) in [5, 5.41) is 10.6. The van der Waals surface area contributed by atoms with E-state index in [-0.39, 0.29) is 28.6 Å². The standard InChI is InChI=1S/C15H20ClN3O2S.C11H13ClN2O.C4H7NOS.2C3H7.C2H5.Ni/c1-11(12-5-3-4-6-13(12)16)18-14-19(8-10-21-14)15(22)17-7-9-20-2;1-8(14-11-13-6-7-15-11)9-4-2-3-5-10(9)12;1-6-3-2-5-4-7;2*1-3-2;1-2;/h3-6,11H,7-10H2,1-2H3,(H,17,22);2-5,8H,6-7H2,1H3,(H,13,14);2-3H2,1H3;2*1,3H2,2H3;1H2,2H3;/q;;;3*-1;+3. The molecule has 2 aromatic rings. The van der Waals surface area contributed by atoms with Gasteiger partial charge in [-0.1, -0.05) is 73.4 Å². The molecule has 0 spiro atoms. The van der Waals surface area contributed by atoms with Gasteiger partial charge < -0.3 is 50.4 Å². The number of rotatable bonds is 10. The third kappa shape index (κ3) is 26.2. The van der Waals surface area contributed by atoms with Crippen LogP contribution >= 0.6 is 47.6 Å². The minimum absolute atomic E-state index is 0. The Morgan fingerprint density at radius 1 is 0.962 bits per heavy atom. The van der Waals surface area contributed by atoms with Crippen LogP contribution in [-0.4, -0.2) is 94.0 Å². The molecule has 1 fully saturated rings. The van der Waals surface area contributed by atoms with Crippen LogP contribution in [0, 0.1) is 20.8 Å². The second-order valence-corrected chi connectivity index (χ2v) is 11.6. The molecule has 0 aliphatic carbocycles. The maximum atomic E-state index is 6.21. The predicted molar refractivity (Wildman–Crippen MR) is 228 cm³/mol. The van der Waals surface area contributed by atoms with Crippen molar-refractivity contribution in [2.45, 2.75) is 59.5 Å². The topological polar surface area (TPSA) is 101 Å². The molecule has 1 radical (unpaired) electrons. The molecule has 2 atom stereocenters. The van der Waals surface area contributed by atoms with Crippen LogP contribution in [0.4, 0.5) is 0 Å². The number of thiocarbonyl (C=S) groups is 2. The Kier molecular flexibility index (Phi) is 39.4. The SMILES string of the molecule is CC(NC1=NCCO1)c1ccccc1Cl.COCCN=C=S.COCCNC(=S)N1CCOC1=NC(C)c1ccccc1Cl.[CH2-]C.[CH2-]CC.[CH2-]CC.[Ni+3]. The number of ether oxygens (including phenoxy) is 4. The number of hydrogen-bond acceptors (Lipinski definition) is 10. The van der Waals surface area contributed by atoms with Crippen molar-refractivity contribution in [2.24, 2.45) is 15.0 Å². The van der Waals surface area contributed by atoms with E-state index in [0.29, 0.717) is 68.2 Å². The van der Waals surface area contributed by atoms with Crippen LogP contribution in [0.5, 0.6) is 0 Å². The van der Waals surface area contributed by atoms with E-state index in [1.54, 1.807) is 21.1 Å². The molecule has 2 N–H and O–H groups in total. The summed E-state index contributed by atoms with van der Waals surface area (Å²) in [6, 6.07) is 16.6. The molecule has 301 valence electrons. The zero-order valence-corrected chi connectivity index (χ0v) is 36.4. The van der Waals surface area contributed by atoms with Crippen LogP contribution in [0.1, 0.15) is 70.7 Å². The minimum atomic E-state index is -0.105. The van der Waals surface area contributed by atoms with Gasteiger partial charge >= 0.3 is 16.5 Å². The maximum Gasteiger partial charge on any atom is 3.00 e. The number of nitrogens with zero attached hydrogens (tertiary/aromatic N) is 4. The van der Waals surface area contributed by atoms with Crippen LogP contribution < -0.4 is 10.6 Å². The molecule has 2 unspecified atom stereocenters. The maximum absolute atomic E-state index is 6.21. The summed E-state index contributed by atoms with van der Waals surface area (Å²) in [6.07, 6.45) is 2.00. The van der Waals surface area contributed by atoms with E-state index in [1.807, 2.05) is 81.1 Å². The molecule has 0 saturated carbocycles. The molecule has 53 heavy (non-hydrogen) atoms. The number of hydrogen-bond donors (Lipinski definition) is 2. The van der Waals surface area contributed by atoms with Crippen LogP contribution in [-0.2, 0) is 35.4 Å². The summed E-state index contributed by atoms with van der Waals surface area (Å²) >= 11 is 22.0. The summed E-state index contributed by atoms with van der Waals surface area (Å²) < 4.78 is 20.5. The molecule has 15 heteroatoms. The average molecular weight is 858 g/mol. The molecule has 10 nitrogen and oxygen atoms in total. The van der Waals surface area contributed by atoms with E-state index in [9.17, 15) is 0 Å². The van der Waals surface area contributed by atoms with Crippen molar-refractivity contribution >= 4 is 70.0 Å². The smallest absolute Gasteiger partial charge is 0.463 e. The van der Waals surface area contributed by atoms with Gasteiger partial charge in [-0.2, -0.15) is 19.8 Å². The minimum Gasteiger partial charge on any atom is -0.463 e. The number of halogens is 2. The Morgan fingerprint density at radius 2 is 1.51 bits per heavy atom. The van der Waals surface area contributed by atoms with Crippen molar-refractivity contribution in [3.63, 3.8) is 0 Å². The van der Waals surface area contributed by atoms with Gasteiger partial charge in [0.15, 0.2) is 5.11 Å². The van der Waals surface area contributed by atoms with Gasteiger partial charge in [0.25, 0.3) is 12.0 Å². The van der Waals surface area contributed by atoms with Crippen LogP contribution in [0.2, 0.25) is 10.0 Å². The quantitative estimate of drug-likeness (QED) is 0.0798. The summed E-state index contributed by atoms with van der Waals surface area (Å²) in [5.41, 5.74) is 2.02. The number of nitrogens with one attached hydrogen (secondary N) is 2. The fourth-order valence-corrected chi connectivity index (χ4v) is 4.75. The average Bonchev–Trinajstić information content (AvgIpc) is 3.84. The third-order valence-electron chi connectivity index (χ3n) is 6.03. The van der Waals surface area contributed by atoms with E-state index in [4.69, 9.17) is 49.6 Å². The molecule has 0 bridgehead atoms. The fourth-order valence-electron chi connectivity index (χ4n) is 3.80. The Balaban J connectivity index is -0.000000697. The Hall–Kier alpha value is -2.34. The first-order valence-corrected chi connectivity index (χ1v) is 18.7. The number of benzene rings is 2. The van der Waals surface area contributed by atoms with Crippen molar-refractivity contribution in [3.8, 4) is 0 Å². The van der Waals surface area contributed by atoms with Gasteiger partial charge in [-0.15, -0.1) is 0 Å². The first kappa shape index (κ1) is 55.0. The van der Waals surface area contributed by atoms with Crippen molar-refractivity contribution in [1.29, 1.82) is 0 Å². The van der Waals surface area contributed by atoms with Crippen LogP contribution in [0.15, 0.2) is 63.5 Å². The molecule has 2 aromatic carbocycles. The second kappa shape index (κ2) is 38.0. The number of aliphatic imine (C=N–C) groups is 3. The van der Waals surface area contributed by atoms with Gasteiger partial charge in [-0.05, 0) is 61.5 Å². The van der Waals surface area contributed by atoms with Crippen LogP contribution in [0.3, 0.4) is 0 Å². The summed E-state index contributed by atoms with van der Waals surface area (Å²) in [4.78, 5) is 14.2. The molecule has 0 amide bonds. The largest absolute Gasteiger partial charge is 3.00 e. The zero-order valence-electron chi connectivity index (χ0n) is 32.3. The molecular weight excluding hydrogens is 798 g/mol. The van der Waals surface area contributed by atoms with E-state index >= 15 is 0 Å². The molecule has 1 saturated heterocycles. The van der Waals surface area contributed by atoms with Crippen molar-refractivity contribution < 1.29 is 35.4 Å². The summed E-state index contributed by atoms with van der Waals surface area (Å²) in [6.45, 7) is 25.2. The Bertz CT molecular complexity index is 1320. The summed E-state index contributed by atoms with van der Waals surface area (Å²) in [7, 11) is 3.28. The van der Waals surface area contributed by atoms with Crippen LogP contribution in [0.25, 0.3) is 0 Å². The number of amidine groups is 2. The van der Waals surface area contributed by atoms with Gasteiger partial charge in [-0.25, -0.2) is 15.0 Å². The molecule has 2 aliphatic rings. The fraction of sp³-hybridized carbons (Fsp3) is 0.500. The van der Waals surface area contributed by atoms with Gasteiger partial charge in [-0.3, -0.25) is 4.90 Å². The van der Waals surface area contributed by atoms with E-state index < -0.39 is 0 Å². The van der Waals surface area contributed by atoms with Gasteiger partial charge in [0.05, 0.1) is 50.1 Å². The van der Waals surface area contributed by atoms with Crippen molar-refractivity contribution in [1.82, 2.24) is 15.5 Å². The number of methoxy groups -OCH3 is 2. The van der Waals surface area contributed by atoms with Crippen molar-refractivity contribution in [2.75, 3.05) is 66.8 Å². The second-order valence-electron chi connectivity index (χ2n) is 10.2. The van der Waals surface area contributed by atoms with Gasteiger partial charge in [0, 0.05) is 30.8 Å². The molecule has 4 rings (SSSR count). The number of isothiocyanates is 1. The predicted octanol–water partition coefficient (Wildman–Crippen LogP) is 9.02. The molecular formula is C38H59Cl2N6NiO4S2. The summed E-state index contributed by atoms with van der Waals surface area (Å²) in [5.74, 6) is 0. The van der Waals surface area contributed by atoms with E-state index in [2.05, 4.69) is 68.5 Å². The van der Waals surface area contributed by atoms with Gasteiger partial charge in [0.1, 0.15) is 13.2 Å². The monoisotopic (exact) mass is 855 g/mol. The third-order valence-corrected chi connectivity index (χ3v) is 7.22. The van der Waals surface area contributed by atoms with Crippen molar-refractivity contribution in [3.05, 3.63) is 90.5 Å². The van der Waals surface area contributed by atoms with E-state index in [1.165, 1.54) is 0 Å². The molecule has 2 aliphatic heterocycles.